The Hall–Kier alpha value is -1.94. The number of halogens is 1. The van der Waals surface area contributed by atoms with E-state index in [0.717, 1.165) is 12.2 Å². The number of hydrogen-bond donors (Lipinski definition) is 1. The van der Waals surface area contributed by atoms with E-state index in [-0.39, 0.29) is 0 Å². The van der Waals surface area contributed by atoms with Crippen LogP contribution in [0.5, 0.6) is 0 Å². The van der Waals surface area contributed by atoms with Crippen LogP contribution in [-0.4, -0.2) is 17.6 Å². The predicted molar refractivity (Wildman–Crippen MR) is 80.2 cm³/mol. The Morgan fingerprint density at radius 3 is 2.85 bits per heavy atom. The Balaban J connectivity index is 2.08. The number of nitrogens with zero attached hydrogens (tertiary/aromatic N) is 1. The van der Waals surface area contributed by atoms with Gasteiger partial charge in [-0.25, -0.2) is 4.79 Å². The van der Waals surface area contributed by atoms with Gasteiger partial charge in [0, 0.05) is 31.2 Å². The minimum atomic E-state index is -0.434. The third-order valence-electron chi connectivity index (χ3n) is 3.05. The number of ether oxygens (including phenoxy) is 1. The molecule has 0 saturated heterocycles. The first-order valence-electron chi connectivity index (χ1n) is 6.40. The number of nitrogens with one attached hydrogen (secondary N) is 1. The number of rotatable bonds is 5. The van der Waals surface area contributed by atoms with Gasteiger partial charge in [0.05, 0.1) is 17.7 Å². The van der Waals surface area contributed by atoms with Crippen LogP contribution >= 0.6 is 11.6 Å². The molecule has 0 bridgehead atoms. The molecule has 1 aromatic heterocycles. The summed E-state index contributed by atoms with van der Waals surface area (Å²) < 4.78 is 6.81. The quantitative estimate of drug-likeness (QED) is 0.857. The highest BCUT2D eigenvalue weighted by Crippen LogP contribution is 2.21. The van der Waals surface area contributed by atoms with E-state index in [0.29, 0.717) is 17.1 Å². The number of esters is 1. The molecule has 0 fully saturated rings. The molecular weight excluding hydrogens is 276 g/mol. The summed E-state index contributed by atoms with van der Waals surface area (Å²) in [6.07, 6.45) is 4.13. The van der Waals surface area contributed by atoms with Crippen LogP contribution in [0.3, 0.4) is 0 Å². The van der Waals surface area contributed by atoms with Crippen molar-refractivity contribution in [1.29, 1.82) is 0 Å². The zero-order valence-corrected chi connectivity index (χ0v) is 12.3. The number of carbonyl (C=O) groups excluding carboxylic acids is 1. The summed E-state index contributed by atoms with van der Waals surface area (Å²) in [4.78, 5) is 11.6. The summed E-state index contributed by atoms with van der Waals surface area (Å²) in [5.74, 6) is -0.434. The Kier molecular flexibility index (Phi) is 4.69. The highest BCUT2D eigenvalue weighted by molar-refractivity contribution is 6.33. The maximum absolute atomic E-state index is 11.6. The molecule has 5 heteroatoms. The lowest BCUT2D eigenvalue weighted by molar-refractivity contribution is 0.0601. The number of methoxy groups -OCH3 is 1. The van der Waals surface area contributed by atoms with Crippen LogP contribution in [0.25, 0.3) is 0 Å². The molecule has 0 amide bonds. The third-order valence-corrected chi connectivity index (χ3v) is 3.37. The average molecular weight is 293 g/mol. The van der Waals surface area contributed by atoms with E-state index >= 15 is 0 Å². The lowest BCUT2D eigenvalue weighted by Gasteiger charge is -2.08. The van der Waals surface area contributed by atoms with Gasteiger partial charge < -0.3 is 14.6 Å². The van der Waals surface area contributed by atoms with E-state index < -0.39 is 5.97 Å². The summed E-state index contributed by atoms with van der Waals surface area (Å²) in [5.41, 5.74) is 2.38. The number of carbonyl (C=O) groups is 1. The van der Waals surface area contributed by atoms with E-state index in [2.05, 4.69) is 29.1 Å². The second-order valence-electron chi connectivity index (χ2n) is 4.39. The summed E-state index contributed by atoms with van der Waals surface area (Å²) >= 11 is 5.98. The molecule has 0 spiro atoms. The molecule has 2 rings (SSSR count). The zero-order valence-electron chi connectivity index (χ0n) is 11.5. The van der Waals surface area contributed by atoms with Crippen molar-refractivity contribution in [2.45, 2.75) is 20.0 Å². The van der Waals surface area contributed by atoms with E-state index in [1.807, 2.05) is 12.3 Å². The van der Waals surface area contributed by atoms with Crippen LogP contribution < -0.4 is 5.32 Å². The number of benzene rings is 1. The van der Waals surface area contributed by atoms with Gasteiger partial charge in [-0.3, -0.25) is 0 Å². The molecule has 0 aliphatic heterocycles. The second kappa shape index (κ2) is 6.48. The Morgan fingerprint density at radius 2 is 2.20 bits per heavy atom. The molecule has 106 valence electrons. The second-order valence-corrected chi connectivity index (χ2v) is 4.80. The molecule has 0 radical (unpaired) electrons. The maximum atomic E-state index is 11.6. The van der Waals surface area contributed by atoms with Crippen LogP contribution in [0.2, 0.25) is 5.02 Å². The van der Waals surface area contributed by atoms with Crippen LogP contribution in [0, 0.1) is 0 Å². The molecule has 20 heavy (non-hydrogen) atoms. The van der Waals surface area contributed by atoms with Gasteiger partial charge in [-0.05, 0) is 36.8 Å². The van der Waals surface area contributed by atoms with Gasteiger partial charge in [0.25, 0.3) is 0 Å². The van der Waals surface area contributed by atoms with Crippen molar-refractivity contribution in [2.24, 2.45) is 0 Å². The van der Waals surface area contributed by atoms with Gasteiger partial charge >= 0.3 is 5.97 Å². The highest BCUT2D eigenvalue weighted by atomic mass is 35.5. The molecule has 0 aliphatic rings. The largest absolute Gasteiger partial charge is 0.465 e. The van der Waals surface area contributed by atoms with Crippen LogP contribution in [0.1, 0.15) is 22.8 Å². The number of aryl methyl sites for hydroxylation is 1. The Bertz CT molecular complexity index is 608. The molecule has 1 aromatic carbocycles. The van der Waals surface area contributed by atoms with Crippen molar-refractivity contribution in [2.75, 3.05) is 12.4 Å². The van der Waals surface area contributed by atoms with Crippen molar-refractivity contribution in [3.63, 3.8) is 0 Å². The predicted octanol–water partition coefficient (Wildman–Crippen LogP) is 3.56. The highest BCUT2D eigenvalue weighted by Gasteiger charge is 2.11. The standard InChI is InChI=1S/C15H17ClN2O2/c1-3-18-7-6-11(10-18)9-17-12-4-5-14(16)13(8-12)15(19)20-2/h4-8,10,17H,3,9H2,1-2H3. The third kappa shape index (κ3) is 3.33. The smallest absolute Gasteiger partial charge is 0.339 e. The van der Waals surface area contributed by atoms with Gasteiger partial charge in [-0.1, -0.05) is 11.6 Å². The van der Waals surface area contributed by atoms with E-state index in [9.17, 15) is 4.79 Å². The Morgan fingerprint density at radius 1 is 1.40 bits per heavy atom. The first-order chi connectivity index (χ1) is 9.63. The number of hydrogen-bond acceptors (Lipinski definition) is 3. The van der Waals surface area contributed by atoms with E-state index in [1.165, 1.54) is 12.7 Å². The lowest BCUT2D eigenvalue weighted by atomic mass is 10.2. The fraction of sp³-hybridized carbons (Fsp3) is 0.267. The normalized spacial score (nSPS) is 10.3. The molecule has 0 unspecified atom stereocenters. The van der Waals surface area contributed by atoms with E-state index in [4.69, 9.17) is 16.3 Å². The molecule has 1 N–H and O–H groups in total. The van der Waals surface area contributed by atoms with Gasteiger partial charge in [0.15, 0.2) is 0 Å². The molecule has 1 heterocycles. The monoisotopic (exact) mass is 292 g/mol. The van der Waals surface area contributed by atoms with Crippen molar-refractivity contribution < 1.29 is 9.53 Å². The summed E-state index contributed by atoms with van der Waals surface area (Å²) in [6, 6.07) is 7.29. The van der Waals surface area contributed by atoms with Gasteiger partial charge in [0.2, 0.25) is 0 Å². The lowest BCUT2D eigenvalue weighted by Crippen LogP contribution is -2.04. The van der Waals surface area contributed by atoms with Gasteiger partial charge in [0.1, 0.15) is 0 Å². The summed E-state index contributed by atoms with van der Waals surface area (Å²) in [7, 11) is 1.34. The van der Waals surface area contributed by atoms with Gasteiger partial charge in [-0.15, -0.1) is 0 Å². The van der Waals surface area contributed by atoms with Crippen LogP contribution in [0.15, 0.2) is 36.7 Å². The van der Waals surface area contributed by atoms with E-state index in [1.54, 1.807) is 12.1 Å². The molecule has 0 saturated carbocycles. The van der Waals surface area contributed by atoms with Crippen molar-refractivity contribution in [1.82, 2.24) is 4.57 Å². The SMILES string of the molecule is CCn1ccc(CNc2ccc(Cl)c(C(=O)OC)c2)c1. The molecule has 4 nitrogen and oxygen atoms in total. The minimum absolute atomic E-state index is 0.366. The van der Waals surface area contributed by atoms with Crippen molar-refractivity contribution >= 4 is 23.3 Å². The fourth-order valence-corrected chi connectivity index (χ4v) is 2.09. The average Bonchev–Trinajstić information content (AvgIpc) is 2.93. The molecular formula is C15H17ClN2O2. The number of anilines is 1. The zero-order chi connectivity index (χ0) is 14.5. The maximum Gasteiger partial charge on any atom is 0.339 e. The summed E-state index contributed by atoms with van der Waals surface area (Å²) in [6.45, 7) is 3.74. The summed E-state index contributed by atoms with van der Waals surface area (Å²) in [5, 5.41) is 3.65. The van der Waals surface area contributed by atoms with Crippen LogP contribution in [0.4, 0.5) is 5.69 Å². The molecule has 2 aromatic rings. The molecule has 0 atom stereocenters. The first kappa shape index (κ1) is 14.5. The van der Waals surface area contributed by atoms with Crippen molar-refractivity contribution in [3.05, 3.63) is 52.8 Å². The first-order valence-corrected chi connectivity index (χ1v) is 6.78. The van der Waals surface area contributed by atoms with Crippen LogP contribution in [-0.2, 0) is 17.8 Å². The van der Waals surface area contributed by atoms with Gasteiger partial charge in [-0.2, -0.15) is 0 Å². The minimum Gasteiger partial charge on any atom is -0.465 e. The number of aromatic nitrogens is 1. The fourth-order valence-electron chi connectivity index (χ4n) is 1.90. The van der Waals surface area contributed by atoms with Crippen molar-refractivity contribution in [3.8, 4) is 0 Å². The Labute approximate surface area is 123 Å². The topological polar surface area (TPSA) is 43.3 Å². The molecule has 0 aliphatic carbocycles.